The molecule has 0 bridgehead atoms. The fourth-order valence-electron chi connectivity index (χ4n) is 0. The maximum atomic E-state index is 0. The van der Waals surface area contributed by atoms with Crippen molar-refractivity contribution in [2.45, 2.75) is 0 Å². The first-order chi connectivity index (χ1) is 0. The second-order valence-electron chi connectivity index (χ2n) is 0. The Morgan fingerprint density at radius 1 is 1.00 bits per heavy atom. The summed E-state index contributed by atoms with van der Waals surface area (Å²) in [5.74, 6) is 0. The van der Waals surface area contributed by atoms with Gasteiger partial charge in [0.05, 0.1) is 0 Å². The third kappa shape index (κ3) is 9.09. The van der Waals surface area contributed by atoms with E-state index in [0.29, 0.717) is 0 Å². The van der Waals surface area contributed by atoms with Crippen molar-refractivity contribution in [2.24, 2.45) is 0 Å². The maximum absolute atomic E-state index is 0. The van der Waals surface area contributed by atoms with Crippen molar-refractivity contribution in [1.82, 2.24) is 0 Å². The second kappa shape index (κ2) is 20.7. The van der Waals surface area contributed by atoms with E-state index in [1.165, 1.54) is 0 Å². The normalized spacial score (nSPS) is 0. The van der Waals surface area contributed by atoms with Gasteiger partial charge in [-0.15, -0.1) is 0 Å². The van der Waals surface area contributed by atoms with Crippen LogP contribution in [0.1, 0.15) is 0 Å². The minimum Gasteiger partial charge on any atom is -0.0149 e. The van der Waals surface area contributed by atoms with E-state index in [1.807, 2.05) is 0 Å². The van der Waals surface area contributed by atoms with Gasteiger partial charge in [0.25, 0.3) is 0 Å². The van der Waals surface area contributed by atoms with Crippen LogP contribution < -0.4 is 0 Å². The van der Waals surface area contributed by atoms with E-state index in [2.05, 4.69) is 0 Å². The van der Waals surface area contributed by atoms with Gasteiger partial charge in [0.2, 0.25) is 0 Å². The Kier molecular flexibility index (Phi) is 204. The summed E-state index contributed by atoms with van der Waals surface area (Å²) in [6.07, 6.45) is 0. The molecule has 0 amide bonds. The molecule has 0 aliphatic carbocycles. The third-order valence-corrected chi connectivity index (χ3v) is 0. The molecule has 0 aromatic carbocycles. The number of rotatable bonds is 0. The van der Waals surface area contributed by atoms with Gasteiger partial charge in [-0.2, -0.15) is 0 Å². The Bertz CT molecular complexity index is 8.00. The summed E-state index contributed by atoms with van der Waals surface area (Å²) in [5, 5.41) is 0. The van der Waals surface area contributed by atoms with Crippen LogP contribution in [0.25, 0.3) is 0 Å². The first-order valence-electron chi connectivity index (χ1n) is 0. The molecule has 0 saturated carbocycles. The molecule has 0 nitrogen and oxygen atoms in total. The van der Waals surface area contributed by atoms with Crippen LogP contribution in [0.5, 0.6) is 0 Å². The molecule has 0 atom stereocenters. The van der Waals surface area contributed by atoms with Crippen molar-refractivity contribution in [3.05, 3.63) is 0 Å². The van der Waals surface area contributed by atoms with Crippen LogP contribution in [0.15, 0.2) is 0 Å². The van der Waals surface area contributed by atoms with Crippen LogP contribution >= 0.6 is 0 Å². The smallest absolute Gasteiger partial charge is 0 e. The van der Waals surface area contributed by atoms with Crippen molar-refractivity contribution >= 4 is 11.0 Å². The van der Waals surface area contributed by atoms with Gasteiger partial charge in [0.1, 0.15) is 0 Å². The van der Waals surface area contributed by atoms with Gasteiger partial charge in [0.15, 0.2) is 0 Å². The summed E-state index contributed by atoms with van der Waals surface area (Å²) >= 11 is 0. The van der Waals surface area contributed by atoms with Crippen molar-refractivity contribution in [3.8, 4) is 0 Å². The van der Waals surface area contributed by atoms with E-state index >= 15 is 0 Å². The Hall–Kier alpha value is 1.89. The SMILES string of the molecule is [Cu].[Ni].[Pd].[SiH4]. The Morgan fingerprint density at radius 2 is 1.00 bits per heavy atom. The topological polar surface area (TPSA) is 0 Å². The van der Waals surface area contributed by atoms with E-state index < -0.39 is 0 Å². The van der Waals surface area contributed by atoms with Crippen LogP contribution in [-0.2, 0) is 54.0 Å². The van der Waals surface area contributed by atoms with E-state index in [9.17, 15) is 0 Å². The van der Waals surface area contributed by atoms with Gasteiger partial charge in [-0.05, 0) is 11.0 Å². The van der Waals surface area contributed by atoms with Crippen LogP contribution in [0, 0.1) is 0 Å². The van der Waals surface area contributed by atoms with Crippen molar-refractivity contribution in [2.75, 3.05) is 0 Å². The molecule has 4 heavy (non-hydrogen) atoms. The molecular formula is H4CuNiPdSi. The predicted molar refractivity (Wildman–Crippen MR) is 11.3 cm³/mol. The second-order valence-corrected chi connectivity index (χ2v) is 0. The molecule has 0 spiro atoms. The number of hydrogen-bond acceptors (Lipinski definition) is 0. The van der Waals surface area contributed by atoms with Gasteiger partial charge < -0.3 is 0 Å². The molecule has 0 rings (SSSR count). The van der Waals surface area contributed by atoms with Crippen molar-refractivity contribution in [1.29, 1.82) is 0 Å². The summed E-state index contributed by atoms with van der Waals surface area (Å²) in [7, 11) is 0. The Balaban J connectivity index is 0. The average molecular weight is 261 g/mol. The summed E-state index contributed by atoms with van der Waals surface area (Å²) in [6, 6.07) is 0. The fraction of sp³-hybridized carbons (Fsp3) is 0. The molecule has 0 N–H and O–H groups in total. The average Bonchev–Trinajstić information content (AvgIpc) is 0. The first kappa shape index (κ1) is 39.4. The van der Waals surface area contributed by atoms with E-state index in [-0.39, 0.29) is 64.9 Å². The largest absolute Gasteiger partial charge is 0.0149 e. The van der Waals surface area contributed by atoms with E-state index in [1.54, 1.807) is 0 Å². The summed E-state index contributed by atoms with van der Waals surface area (Å²) in [6.45, 7) is 0. The minimum atomic E-state index is 0. The zero-order chi connectivity index (χ0) is 0. The summed E-state index contributed by atoms with van der Waals surface area (Å²) in [4.78, 5) is 0. The van der Waals surface area contributed by atoms with Gasteiger partial charge in [-0.1, -0.05) is 0 Å². The Morgan fingerprint density at radius 3 is 1.00 bits per heavy atom. The molecule has 0 heterocycles. The van der Waals surface area contributed by atoms with Gasteiger partial charge in [0, 0.05) is 54.0 Å². The molecule has 0 aliphatic heterocycles. The molecule has 0 aromatic rings. The molecule has 0 fully saturated rings. The standard InChI is InChI=1S/Cu.Ni.Pd.H4Si/h;;;1H4. The molecule has 0 unspecified atom stereocenters. The van der Waals surface area contributed by atoms with Crippen LogP contribution in [0.3, 0.4) is 0 Å². The predicted octanol–water partition coefficient (Wildman–Crippen LogP) is -1.46. The fourth-order valence-corrected chi connectivity index (χ4v) is 0. The Labute approximate surface area is 64.6 Å². The molecule has 39 valence electrons. The molecule has 0 aliphatic rings. The van der Waals surface area contributed by atoms with Gasteiger partial charge in [-0.25, -0.2) is 0 Å². The zero-order valence-corrected chi connectivity index (χ0v) is 4.42. The molecule has 0 aromatic heterocycles. The maximum Gasteiger partial charge on any atom is 0 e. The molecule has 1 radical (unpaired) electrons. The van der Waals surface area contributed by atoms with E-state index in [4.69, 9.17) is 0 Å². The number of hydrogen-bond donors (Lipinski definition) is 0. The van der Waals surface area contributed by atoms with Gasteiger partial charge >= 0.3 is 0 Å². The van der Waals surface area contributed by atoms with Crippen LogP contribution in [0.4, 0.5) is 0 Å². The van der Waals surface area contributed by atoms with E-state index in [0.717, 1.165) is 0 Å². The third-order valence-electron chi connectivity index (χ3n) is 0. The van der Waals surface area contributed by atoms with Crippen molar-refractivity contribution < 1.29 is 54.0 Å². The zero-order valence-electron chi connectivity index (χ0n) is 0.934. The molecule has 0 saturated heterocycles. The minimum absolute atomic E-state index is 0. The van der Waals surface area contributed by atoms with Gasteiger partial charge in [-0.3, -0.25) is 0 Å². The quantitative estimate of drug-likeness (QED) is 0.467. The summed E-state index contributed by atoms with van der Waals surface area (Å²) < 4.78 is 0. The molecular weight excluding hydrogens is 257 g/mol. The van der Waals surface area contributed by atoms with Crippen molar-refractivity contribution in [3.63, 3.8) is 0 Å². The summed E-state index contributed by atoms with van der Waals surface area (Å²) in [5.41, 5.74) is 0. The molecule has 4 heteroatoms. The first-order valence-corrected chi connectivity index (χ1v) is 0. The monoisotopic (exact) mass is 259 g/mol. The van der Waals surface area contributed by atoms with Crippen LogP contribution in [0.2, 0.25) is 0 Å². The van der Waals surface area contributed by atoms with Crippen LogP contribution in [-0.4, -0.2) is 11.0 Å².